The zero-order valence-electron chi connectivity index (χ0n) is 9.86. The molecular weight excluding hydrogens is 274 g/mol. The molecule has 2 aromatic carbocycles. The number of hydrogen-bond donors (Lipinski definition) is 1. The molecule has 0 bridgehead atoms. The highest BCUT2D eigenvalue weighted by molar-refractivity contribution is 9.10. The Hall–Kier alpha value is -1.12. The van der Waals surface area contributed by atoms with Crippen molar-refractivity contribution in [3.63, 3.8) is 0 Å². The molecule has 0 fully saturated rings. The molecule has 1 atom stereocenters. The molecule has 0 aliphatic carbocycles. The van der Waals surface area contributed by atoms with Gasteiger partial charge < -0.3 is 5.73 Å². The number of rotatable bonds is 3. The largest absolute Gasteiger partial charge is 0.324 e. The molecule has 2 rings (SSSR count). The normalized spacial score (nSPS) is 12.4. The Morgan fingerprint density at radius 1 is 1.12 bits per heavy atom. The lowest BCUT2D eigenvalue weighted by atomic mass is 9.97. The highest BCUT2D eigenvalue weighted by Gasteiger charge is 2.08. The van der Waals surface area contributed by atoms with Crippen molar-refractivity contribution in [3.05, 3.63) is 69.7 Å². The molecule has 0 aliphatic rings. The maximum absolute atomic E-state index is 6.24. The lowest BCUT2D eigenvalue weighted by Gasteiger charge is -2.14. The molecule has 1 unspecified atom stereocenters. The molecule has 0 saturated carbocycles. The first-order chi connectivity index (χ1) is 8.16. The first-order valence-corrected chi connectivity index (χ1v) is 6.51. The Kier molecular flexibility index (Phi) is 3.97. The van der Waals surface area contributed by atoms with Gasteiger partial charge >= 0.3 is 0 Å². The SMILES string of the molecule is Cc1ccccc1CC(N)c1cccc(Br)c1. The van der Waals surface area contributed by atoms with Crippen LogP contribution in [0.4, 0.5) is 0 Å². The van der Waals surface area contributed by atoms with Gasteiger partial charge in [-0.15, -0.1) is 0 Å². The summed E-state index contributed by atoms with van der Waals surface area (Å²) in [5.41, 5.74) is 10.0. The summed E-state index contributed by atoms with van der Waals surface area (Å²) in [5, 5.41) is 0. The second-order valence-corrected chi connectivity index (χ2v) is 5.21. The van der Waals surface area contributed by atoms with E-state index in [1.807, 2.05) is 12.1 Å². The van der Waals surface area contributed by atoms with Crippen molar-refractivity contribution in [1.82, 2.24) is 0 Å². The Morgan fingerprint density at radius 3 is 2.59 bits per heavy atom. The third-order valence-corrected chi connectivity index (χ3v) is 3.47. The number of nitrogens with two attached hydrogens (primary N) is 1. The summed E-state index contributed by atoms with van der Waals surface area (Å²) < 4.78 is 1.08. The van der Waals surface area contributed by atoms with Crippen LogP contribution in [0.15, 0.2) is 53.0 Å². The van der Waals surface area contributed by atoms with E-state index in [0.29, 0.717) is 0 Å². The van der Waals surface area contributed by atoms with E-state index in [2.05, 4.69) is 59.3 Å². The van der Waals surface area contributed by atoms with Crippen molar-refractivity contribution < 1.29 is 0 Å². The summed E-state index contributed by atoms with van der Waals surface area (Å²) in [4.78, 5) is 0. The van der Waals surface area contributed by atoms with E-state index in [0.717, 1.165) is 10.9 Å². The summed E-state index contributed by atoms with van der Waals surface area (Å²) in [6.07, 6.45) is 0.878. The van der Waals surface area contributed by atoms with Gasteiger partial charge in [0, 0.05) is 10.5 Å². The van der Waals surface area contributed by atoms with Crippen LogP contribution in [0.25, 0.3) is 0 Å². The van der Waals surface area contributed by atoms with Crippen LogP contribution in [0.5, 0.6) is 0 Å². The minimum absolute atomic E-state index is 0.0496. The summed E-state index contributed by atoms with van der Waals surface area (Å²) >= 11 is 3.47. The average Bonchev–Trinajstić information content (AvgIpc) is 2.32. The summed E-state index contributed by atoms with van der Waals surface area (Å²) in [6.45, 7) is 2.13. The van der Waals surface area contributed by atoms with E-state index < -0.39 is 0 Å². The Morgan fingerprint density at radius 2 is 1.88 bits per heavy atom. The van der Waals surface area contributed by atoms with E-state index in [1.54, 1.807) is 0 Å². The third kappa shape index (κ3) is 3.18. The fourth-order valence-corrected chi connectivity index (χ4v) is 2.35. The molecule has 2 heteroatoms. The first kappa shape index (κ1) is 12.3. The van der Waals surface area contributed by atoms with Gasteiger partial charge in [-0.3, -0.25) is 0 Å². The summed E-state index contributed by atoms with van der Waals surface area (Å²) in [6, 6.07) is 16.7. The maximum Gasteiger partial charge on any atom is 0.0336 e. The molecule has 0 amide bonds. The molecule has 0 spiro atoms. The second kappa shape index (κ2) is 5.48. The molecule has 2 N–H and O–H groups in total. The van der Waals surface area contributed by atoms with E-state index in [-0.39, 0.29) is 6.04 Å². The standard InChI is InChI=1S/C15H16BrN/c1-11-5-2-3-6-12(11)10-15(17)13-7-4-8-14(16)9-13/h2-9,15H,10,17H2,1H3. The van der Waals surface area contributed by atoms with Crippen LogP contribution in [0.3, 0.4) is 0 Å². The minimum Gasteiger partial charge on any atom is -0.324 e. The zero-order valence-corrected chi connectivity index (χ0v) is 11.4. The molecule has 0 saturated heterocycles. The van der Waals surface area contributed by atoms with Gasteiger partial charge in [-0.1, -0.05) is 52.3 Å². The Balaban J connectivity index is 2.17. The predicted molar refractivity (Wildman–Crippen MR) is 76.0 cm³/mol. The van der Waals surface area contributed by atoms with Crippen LogP contribution in [0.2, 0.25) is 0 Å². The van der Waals surface area contributed by atoms with Gasteiger partial charge in [0.1, 0.15) is 0 Å². The van der Waals surface area contributed by atoms with Crippen LogP contribution in [-0.2, 0) is 6.42 Å². The topological polar surface area (TPSA) is 26.0 Å². The zero-order chi connectivity index (χ0) is 12.3. The van der Waals surface area contributed by atoms with Crippen molar-refractivity contribution in [2.75, 3.05) is 0 Å². The summed E-state index contributed by atoms with van der Waals surface area (Å²) in [5.74, 6) is 0. The first-order valence-electron chi connectivity index (χ1n) is 5.72. The van der Waals surface area contributed by atoms with Crippen LogP contribution >= 0.6 is 15.9 Å². The Bertz CT molecular complexity index is 508. The molecule has 0 heterocycles. The number of halogens is 1. The van der Waals surface area contributed by atoms with Crippen molar-refractivity contribution >= 4 is 15.9 Å². The minimum atomic E-state index is 0.0496. The maximum atomic E-state index is 6.24. The molecule has 88 valence electrons. The lowest BCUT2D eigenvalue weighted by Crippen LogP contribution is -2.13. The van der Waals surface area contributed by atoms with Crippen molar-refractivity contribution in [2.24, 2.45) is 5.73 Å². The van der Waals surface area contributed by atoms with E-state index >= 15 is 0 Å². The van der Waals surface area contributed by atoms with Crippen LogP contribution in [0, 0.1) is 6.92 Å². The molecule has 0 aromatic heterocycles. The quantitative estimate of drug-likeness (QED) is 0.908. The molecule has 2 aromatic rings. The molecule has 1 nitrogen and oxygen atoms in total. The van der Waals surface area contributed by atoms with Crippen molar-refractivity contribution in [2.45, 2.75) is 19.4 Å². The molecule has 0 radical (unpaired) electrons. The van der Waals surface area contributed by atoms with Crippen molar-refractivity contribution in [1.29, 1.82) is 0 Å². The lowest BCUT2D eigenvalue weighted by molar-refractivity contribution is 0.718. The van der Waals surface area contributed by atoms with Gasteiger partial charge in [-0.2, -0.15) is 0 Å². The van der Waals surface area contributed by atoms with Gasteiger partial charge in [0.2, 0.25) is 0 Å². The smallest absolute Gasteiger partial charge is 0.0336 e. The van der Waals surface area contributed by atoms with Crippen LogP contribution in [-0.4, -0.2) is 0 Å². The molecule has 17 heavy (non-hydrogen) atoms. The summed E-state index contributed by atoms with van der Waals surface area (Å²) in [7, 11) is 0. The van der Waals surface area contributed by atoms with E-state index in [4.69, 9.17) is 5.73 Å². The Labute approximate surface area is 111 Å². The van der Waals surface area contributed by atoms with Crippen LogP contribution in [0.1, 0.15) is 22.7 Å². The predicted octanol–water partition coefficient (Wildman–Crippen LogP) is 4.00. The number of hydrogen-bond acceptors (Lipinski definition) is 1. The number of benzene rings is 2. The van der Waals surface area contributed by atoms with E-state index in [1.165, 1.54) is 16.7 Å². The van der Waals surface area contributed by atoms with Gasteiger partial charge in [0.25, 0.3) is 0 Å². The van der Waals surface area contributed by atoms with Gasteiger partial charge in [0.05, 0.1) is 0 Å². The van der Waals surface area contributed by atoms with Crippen LogP contribution < -0.4 is 5.73 Å². The number of aryl methyl sites for hydroxylation is 1. The van der Waals surface area contributed by atoms with Gasteiger partial charge in [-0.25, -0.2) is 0 Å². The van der Waals surface area contributed by atoms with Gasteiger partial charge in [0.15, 0.2) is 0 Å². The van der Waals surface area contributed by atoms with E-state index in [9.17, 15) is 0 Å². The molecule has 0 aliphatic heterocycles. The third-order valence-electron chi connectivity index (χ3n) is 2.98. The molecular formula is C15H16BrN. The van der Waals surface area contributed by atoms with Crippen molar-refractivity contribution in [3.8, 4) is 0 Å². The van der Waals surface area contributed by atoms with Gasteiger partial charge in [-0.05, 0) is 42.2 Å². The fourth-order valence-electron chi connectivity index (χ4n) is 1.93. The average molecular weight is 290 g/mol. The second-order valence-electron chi connectivity index (χ2n) is 4.29. The highest BCUT2D eigenvalue weighted by Crippen LogP contribution is 2.21. The highest BCUT2D eigenvalue weighted by atomic mass is 79.9. The monoisotopic (exact) mass is 289 g/mol. The fraction of sp³-hybridized carbons (Fsp3) is 0.200.